The number of rotatable bonds is 1. The zero-order chi connectivity index (χ0) is 13.1. The summed E-state index contributed by atoms with van der Waals surface area (Å²) < 4.78 is 28.9. The van der Waals surface area contributed by atoms with Gasteiger partial charge in [0, 0.05) is 0 Å². The van der Waals surface area contributed by atoms with Gasteiger partial charge in [-0.05, 0) is 27.7 Å². The van der Waals surface area contributed by atoms with Crippen LogP contribution in [-0.2, 0) is 23.7 Å². The van der Waals surface area contributed by atoms with Crippen LogP contribution in [0, 0.1) is 0 Å². The van der Waals surface area contributed by atoms with Crippen LogP contribution < -0.4 is 0 Å². The number of aliphatic hydroxyl groups excluding tert-OH is 1. The lowest BCUT2D eigenvalue weighted by molar-refractivity contribution is -0.240. The Morgan fingerprint density at radius 3 is 2.06 bits per heavy atom. The lowest BCUT2D eigenvalue weighted by Crippen LogP contribution is -2.56. The molecule has 0 saturated carbocycles. The van der Waals surface area contributed by atoms with E-state index in [1.165, 1.54) is 0 Å². The molecule has 6 nitrogen and oxygen atoms in total. The maximum Gasteiger partial charge on any atom is 0.190 e. The molecule has 3 saturated heterocycles. The Hall–Kier alpha value is -0.240. The molecular formula is C12H20O6. The monoisotopic (exact) mass is 260 g/mol. The van der Waals surface area contributed by atoms with E-state index in [9.17, 15) is 5.11 Å². The Morgan fingerprint density at radius 2 is 1.39 bits per heavy atom. The fourth-order valence-corrected chi connectivity index (χ4v) is 2.84. The van der Waals surface area contributed by atoms with Crippen molar-refractivity contribution < 1.29 is 28.8 Å². The second-order valence-electron chi connectivity index (χ2n) is 5.89. The van der Waals surface area contributed by atoms with Gasteiger partial charge in [0.2, 0.25) is 0 Å². The molecule has 0 aromatic heterocycles. The van der Waals surface area contributed by atoms with E-state index >= 15 is 0 Å². The number of fused-ring (bicyclic) bond motifs is 3. The molecule has 2 unspecified atom stereocenters. The van der Waals surface area contributed by atoms with Crippen LogP contribution in [0.1, 0.15) is 27.7 Å². The van der Waals surface area contributed by atoms with Gasteiger partial charge in [0.1, 0.15) is 24.4 Å². The van der Waals surface area contributed by atoms with Gasteiger partial charge in [-0.15, -0.1) is 0 Å². The number of aliphatic hydroxyl groups is 1. The van der Waals surface area contributed by atoms with Gasteiger partial charge in [-0.1, -0.05) is 0 Å². The van der Waals surface area contributed by atoms with Gasteiger partial charge >= 0.3 is 0 Å². The standard InChI is InChI=1S/C12H20O6/c1-11(2)15-7-6(5-13)14-10-9(8(7)16-11)17-12(3,4)18-10/h6-10,13H,5H2,1-4H3/t6?,7-,8?,9-,10+/m0/s1. The zero-order valence-electron chi connectivity index (χ0n) is 11.1. The largest absolute Gasteiger partial charge is 0.394 e. The average molecular weight is 260 g/mol. The Morgan fingerprint density at radius 1 is 0.833 bits per heavy atom. The average Bonchev–Trinajstić information content (AvgIpc) is 2.71. The van der Waals surface area contributed by atoms with Crippen LogP contribution in [0.5, 0.6) is 0 Å². The molecule has 5 atom stereocenters. The molecule has 0 aromatic carbocycles. The highest BCUT2D eigenvalue weighted by molar-refractivity contribution is 4.99. The molecule has 3 rings (SSSR count). The molecule has 18 heavy (non-hydrogen) atoms. The molecule has 3 aliphatic heterocycles. The minimum atomic E-state index is -0.708. The van der Waals surface area contributed by atoms with Gasteiger partial charge in [0.15, 0.2) is 17.9 Å². The maximum atomic E-state index is 9.40. The SMILES string of the molecule is CC1(C)OC2[C@@H](O1)C(CO)O[C@@H]1OC(C)(C)O[C@@H]21. The number of ether oxygens (including phenoxy) is 5. The van der Waals surface area contributed by atoms with Crippen molar-refractivity contribution in [2.45, 2.75) is 70.0 Å². The van der Waals surface area contributed by atoms with E-state index in [0.717, 1.165) is 0 Å². The summed E-state index contributed by atoms with van der Waals surface area (Å²) in [7, 11) is 0. The fraction of sp³-hybridized carbons (Fsp3) is 1.00. The highest BCUT2D eigenvalue weighted by Gasteiger charge is 2.60. The fourth-order valence-electron chi connectivity index (χ4n) is 2.84. The van der Waals surface area contributed by atoms with E-state index in [2.05, 4.69) is 0 Å². The molecule has 0 radical (unpaired) electrons. The minimum Gasteiger partial charge on any atom is -0.394 e. The van der Waals surface area contributed by atoms with Crippen LogP contribution in [0.15, 0.2) is 0 Å². The zero-order valence-corrected chi connectivity index (χ0v) is 11.1. The summed E-state index contributed by atoms with van der Waals surface area (Å²) in [6, 6.07) is 0. The number of hydrogen-bond acceptors (Lipinski definition) is 6. The predicted molar refractivity (Wildman–Crippen MR) is 59.6 cm³/mol. The van der Waals surface area contributed by atoms with Crippen molar-refractivity contribution in [1.82, 2.24) is 0 Å². The van der Waals surface area contributed by atoms with E-state index in [1.54, 1.807) is 0 Å². The summed E-state index contributed by atoms with van der Waals surface area (Å²) >= 11 is 0. The topological polar surface area (TPSA) is 66.4 Å². The van der Waals surface area contributed by atoms with Crippen molar-refractivity contribution in [1.29, 1.82) is 0 Å². The Labute approximate surface area is 106 Å². The van der Waals surface area contributed by atoms with Gasteiger partial charge in [-0.2, -0.15) is 0 Å². The Balaban J connectivity index is 1.86. The summed E-state index contributed by atoms with van der Waals surface area (Å²) in [4.78, 5) is 0. The summed E-state index contributed by atoms with van der Waals surface area (Å²) in [5.74, 6) is -1.41. The van der Waals surface area contributed by atoms with Crippen LogP contribution in [0.2, 0.25) is 0 Å². The maximum absolute atomic E-state index is 9.40. The normalized spacial score (nSPS) is 48.8. The molecule has 0 aromatic rings. The Bertz CT molecular complexity index is 341. The van der Waals surface area contributed by atoms with Gasteiger partial charge in [-0.3, -0.25) is 0 Å². The first-order valence-corrected chi connectivity index (χ1v) is 6.29. The predicted octanol–water partition coefficient (Wildman–Crippen LogP) is 0.375. The smallest absolute Gasteiger partial charge is 0.190 e. The first kappa shape index (κ1) is 12.8. The molecule has 0 amide bonds. The summed E-state index contributed by atoms with van der Waals surface area (Å²) in [6.45, 7) is 7.22. The Kier molecular flexibility index (Phi) is 2.75. The summed E-state index contributed by atoms with van der Waals surface area (Å²) in [6.07, 6.45) is -1.90. The molecule has 0 bridgehead atoms. The van der Waals surface area contributed by atoms with Gasteiger partial charge in [0.05, 0.1) is 6.61 Å². The quantitative estimate of drug-likeness (QED) is 0.735. The van der Waals surface area contributed by atoms with E-state index in [1.807, 2.05) is 27.7 Å². The molecular weight excluding hydrogens is 240 g/mol. The van der Waals surface area contributed by atoms with E-state index in [-0.39, 0.29) is 24.9 Å². The molecule has 3 aliphatic rings. The first-order chi connectivity index (χ1) is 8.31. The molecule has 1 N–H and O–H groups in total. The van der Waals surface area contributed by atoms with E-state index < -0.39 is 24.0 Å². The number of hydrogen-bond donors (Lipinski definition) is 1. The van der Waals surface area contributed by atoms with Crippen molar-refractivity contribution in [3.05, 3.63) is 0 Å². The van der Waals surface area contributed by atoms with Gasteiger partial charge < -0.3 is 28.8 Å². The molecule has 3 heterocycles. The van der Waals surface area contributed by atoms with Gasteiger partial charge in [-0.25, -0.2) is 0 Å². The van der Waals surface area contributed by atoms with Crippen molar-refractivity contribution in [3.8, 4) is 0 Å². The van der Waals surface area contributed by atoms with Gasteiger partial charge in [0.25, 0.3) is 0 Å². The second kappa shape index (κ2) is 3.88. The van der Waals surface area contributed by atoms with Crippen molar-refractivity contribution in [3.63, 3.8) is 0 Å². The molecule has 0 aliphatic carbocycles. The van der Waals surface area contributed by atoms with Crippen LogP contribution in [0.3, 0.4) is 0 Å². The van der Waals surface area contributed by atoms with E-state index in [4.69, 9.17) is 23.7 Å². The van der Waals surface area contributed by atoms with Crippen LogP contribution in [-0.4, -0.2) is 54.0 Å². The highest BCUT2D eigenvalue weighted by Crippen LogP contribution is 2.43. The van der Waals surface area contributed by atoms with E-state index in [0.29, 0.717) is 0 Å². The highest BCUT2D eigenvalue weighted by atomic mass is 16.9. The van der Waals surface area contributed by atoms with Crippen LogP contribution in [0.25, 0.3) is 0 Å². The second-order valence-corrected chi connectivity index (χ2v) is 5.89. The third kappa shape index (κ3) is 1.97. The molecule has 104 valence electrons. The lowest BCUT2D eigenvalue weighted by atomic mass is 9.99. The van der Waals surface area contributed by atoms with Crippen LogP contribution in [0.4, 0.5) is 0 Å². The molecule has 6 heteroatoms. The summed E-state index contributed by atoms with van der Waals surface area (Å²) in [5, 5.41) is 9.40. The minimum absolute atomic E-state index is 0.131. The lowest BCUT2D eigenvalue weighted by Gasteiger charge is -2.36. The van der Waals surface area contributed by atoms with Crippen molar-refractivity contribution in [2.75, 3.05) is 6.61 Å². The third-order valence-electron chi connectivity index (χ3n) is 3.43. The first-order valence-electron chi connectivity index (χ1n) is 6.29. The van der Waals surface area contributed by atoms with Crippen LogP contribution >= 0.6 is 0 Å². The molecule has 0 spiro atoms. The summed E-state index contributed by atoms with van der Waals surface area (Å²) in [5.41, 5.74) is 0. The van der Waals surface area contributed by atoms with Crippen molar-refractivity contribution >= 4 is 0 Å². The van der Waals surface area contributed by atoms with Crippen molar-refractivity contribution in [2.24, 2.45) is 0 Å². The molecule has 3 fully saturated rings. The third-order valence-corrected chi connectivity index (χ3v) is 3.43.